The quantitative estimate of drug-likeness (QED) is 0.312. The van der Waals surface area contributed by atoms with E-state index in [1.807, 2.05) is 20.8 Å². The summed E-state index contributed by atoms with van der Waals surface area (Å²) in [6, 6.07) is 6.62. The highest BCUT2D eigenvalue weighted by atomic mass is 32.2. The maximum Gasteiger partial charge on any atom is 0.296 e. The van der Waals surface area contributed by atoms with Crippen molar-refractivity contribution in [3.8, 4) is 0 Å². The van der Waals surface area contributed by atoms with Gasteiger partial charge in [0.15, 0.2) is 5.79 Å². The summed E-state index contributed by atoms with van der Waals surface area (Å²) < 4.78 is 43.2. The van der Waals surface area contributed by atoms with Crippen LogP contribution in [-0.4, -0.2) is 52.8 Å². The first-order valence-corrected chi connectivity index (χ1v) is 15.8. The summed E-state index contributed by atoms with van der Waals surface area (Å²) in [6.07, 6.45) is -0.294. The SMILES string of the molecule is Cc1ccc(S(=O)(=O)OCC[C@@H]2OC(C)(C)O[C@H]2[C@H](CO)[Si](C(C)C)(C(C)C)C(C)C)cc1. The molecule has 1 aromatic carbocycles. The van der Waals surface area contributed by atoms with E-state index in [2.05, 4.69) is 41.5 Å². The smallest absolute Gasteiger partial charge is 0.296 e. The van der Waals surface area contributed by atoms with Crippen molar-refractivity contribution < 1.29 is 27.2 Å². The number of ether oxygens (including phenoxy) is 2. The number of rotatable bonds is 11. The summed E-state index contributed by atoms with van der Waals surface area (Å²) in [6.45, 7) is 19.3. The van der Waals surface area contributed by atoms with Gasteiger partial charge in [0, 0.05) is 18.6 Å². The van der Waals surface area contributed by atoms with Crippen molar-refractivity contribution in [2.75, 3.05) is 13.2 Å². The third-order valence-corrected chi connectivity index (χ3v) is 16.5. The summed E-state index contributed by atoms with van der Waals surface area (Å²) in [5.41, 5.74) is 2.29. The van der Waals surface area contributed by atoms with Gasteiger partial charge in [0.1, 0.15) is 0 Å². The molecule has 0 radical (unpaired) electrons. The Balaban J connectivity index is 2.26. The van der Waals surface area contributed by atoms with Gasteiger partial charge < -0.3 is 14.6 Å². The van der Waals surface area contributed by atoms with E-state index in [0.717, 1.165) is 5.56 Å². The third kappa shape index (κ3) is 6.08. The zero-order chi connectivity index (χ0) is 25.2. The minimum absolute atomic E-state index is 0.00540. The van der Waals surface area contributed by atoms with Gasteiger partial charge in [-0.2, -0.15) is 8.42 Å². The zero-order valence-corrected chi connectivity index (χ0v) is 23.6. The Labute approximate surface area is 202 Å². The summed E-state index contributed by atoms with van der Waals surface area (Å²) in [7, 11) is -5.92. The van der Waals surface area contributed by atoms with Gasteiger partial charge in [0.2, 0.25) is 0 Å². The van der Waals surface area contributed by atoms with Crippen LogP contribution in [0, 0.1) is 6.92 Å². The van der Waals surface area contributed by atoms with E-state index >= 15 is 0 Å². The van der Waals surface area contributed by atoms with Crippen molar-refractivity contribution in [2.24, 2.45) is 0 Å². The Morgan fingerprint density at radius 3 is 1.97 bits per heavy atom. The number of hydrogen-bond donors (Lipinski definition) is 1. The lowest BCUT2D eigenvalue weighted by molar-refractivity contribution is -0.148. The highest BCUT2D eigenvalue weighted by Crippen LogP contribution is 2.53. The lowest BCUT2D eigenvalue weighted by atomic mass is 10.1. The van der Waals surface area contributed by atoms with E-state index in [4.69, 9.17) is 13.7 Å². The maximum atomic E-state index is 12.6. The predicted octanol–water partition coefficient (Wildman–Crippen LogP) is 5.65. The minimum atomic E-state index is -3.85. The Bertz CT molecular complexity index is 842. The van der Waals surface area contributed by atoms with Gasteiger partial charge >= 0.3 is 0 Å². The van der Waals surface area contributed by atoms with Crippen LogP contribution in [0.4, 0.5) is 0 Å². The molecule has 1 aliphatic heterocycles. The van der Waals surface area contributed by atoms with Crippen LogP contribution in [0.25, 0.3) is 0 Å². The molecule has 8 heteroatoms. The third-order valence-electron chi connectivity index (χ3n) is 7.41. The standard InChI is InChI=1S/C25H44O6SSi/c1-17(2)33(18(3)4,19(5)6)23(16-26)24-22(30-25(8,9)31-24)14-15-29-32(27,28)21-12-10-20(7)11-13-21/h10-13,17-19,22-24,26H,14-16H2,1-9H3/t22-,23-,24+/m0/s1. The van der Waals surface area contributed by atoms with E-state index in [-0.39, 0.29) is 35.9 Å². The second kappa shape index (κ2) is 10.9. The maximum absolute atomic E-state index is 12.6. The molecule has 1 N–H and O–H groups in total. The highest BCUT2D eigenvalue weighted by Gasteiger charge is 2.56. The number of aryl methyl sites for hydroxylation is 1. The van der Waals surface area contributed by atoms with Gasteiger partial charge in [0.25, 0.3) is 10.1 Å². The van der Waals surface area contributed by atoms with E-state index in [1.165, 1.54) is 0 Å². The summed E-state index contributed by atoms with van der Waals surface area (Å²) in [4.78, 5) is 0.146. The number of aliphatic hydroxyl groups excluding tert-OH is 1. The Kier molecular flexibility index (Phi) is 9.38. The van der Waals surface area contributed by atoms with Gasteiger partial charge in [0.05, 0.1) is 31.8 Å². The van der Waals surface area contributed by atoms with Crippen LogP contribution in [0.2, 0.25) is 22.2 Å². The number of hydrogen-bond acceptors (Lipinski definition) is 6. The molecule has 1 heterocycles. The summed E-state index contributed by atoms with van der Waals surface area (Å²) in [5.74, 6) is -0.802. The molecule has 0 amide bonds. The molecule has 1 fully saturated rings. The van der Waals surface area contributed by atoms with E-state index < -0.39 is 24.0 Å². The summed E-state index contributed by atoms with van der Waals surface area (Å²) in [5, 5.41) is 10.7. The lowest BCUT2D eigenvalue weighted by Crippen LogP contribution is -2.55. The zero-order valence-electron chi connectivity index (χ0n) is 21.8. The molecular weight excluding hydrogens is 456 g/mol. The monoisotopic (exact) mass is 500 g/mol. The van der Waals surface area contributed by atoms with Gasteiger partial charge in [-0.15, -0.1) is 0 Å². The molecule has 6 nitrogen and oxygen atoms in total. The Morgan fingerprint density at radius 1 is 1.00 bits per heavy atom. The molecule has 190 valence electrons. The summed E-state index contributed by atoms with van der Waals surface area (Å²) >= 11 is 0. The van der Waals surface area contributed by atoms with Crippen LogP contribution in [0.15, 0.2) is 29.2 Å². The minimum Gasteiger partial charge on any atom is -0.396 e. The first-order valence-electron chi connectivity index (χ1n) is 12.1. The van der Waals surface area contributed by atoms with Crippen molar-refractivity contribution in [1.29, 1.82) is 0 Å². The van der Waals surface area contributed by atoms with Gasteiger partial charge in [-0.3, -0.25) is 4.18 Å². The van der Waals surface area contributed by atoms with Crippen LogP contribution in [0.5, 0.6) is 0 Å². The number of benzene rings is 1. The van der Waals surface area contributed by atoms with E-state index in [0.29, 0.717) is 23.0 Å². The van der Waals surface area contributed by atoms with Gasteiger partial charge in [-0.05, 0) is 32.9 Å². The molecule has 3 atom stereocenters. The van der Waals surface area contributed by atoms with Crippen molar-refractivity contribution in [2.45, 2.75) is 114 Å². The van der Waals surface area contributed by atoms with Crippen molar-refractivity contribution in [3.63, 3.8) is 0 Å². The Morgan fingerprint density at radius 2 is 1.52 bits per heavy atom. The molecule has 0 aromatic heterocycles. The molecule has 1 saturated heterocycles. The van der Waals surface area contributed by atoms with Crippen molar-refractivity contribution in [3.05, 3.63) is 29.8 Å². The highest BCUT2D eigenvalue weighted by molar-refractivity contribution is 7.86. The average molecular weight is 501 g/mol. The molecule has 0 aliphatic carbocycles. The van der Waals surface area contributed by atoms with Crippen molar-refractivity contribution >= 4 is 18.2 Å². The number of aliphatic hydroxyl groups is 1. The van der Waals surface area contributed by atoms with E-state index in [1.54, 1.807) is 24.3 Å². The molecule has 33 heavy (non-hydrogen) atoms. The largest absolute Gasteiger partial charge is 0.396 e. The van der Waals surface area contributed by atoms with Crippen LogP contribution < -0.4 is 0 Å². The van der Waals surface area contributed by atoms with Gasteiger partial charge in [-0.25, -0.2) is 0 Å². The average Bonchev–Trinajstić information content (AvgIpc) is 2.99. The molecule has 0 unspecified atom stereocenters. The lowest BCUT2D eigenvalue weighted by Gasteiger charge is -2.50. The molecule has 2 rings (SSSR count). The molecular formula is C25H44O6SSi. The molecule has 0 saturated carbocycles. The Hall–Kier alpha value is -0.773. The normalized spacial score (nSPS) is 22.5. The topological polar surface area (TPSA) is 82.1 Å². The van der Waals surface area contributed by atoms with Crippen molar-refractivity contribution in [1.82, 2.24) is 0 Å². The molecule has 0 bridgehead atoms. The fourth-order valence-corrected chi connectivity index (χ4v) is 15.0. The van der Waals surface area contributed by atoms with Crippen LogP contribution in [0.1, 0.15) is 67.4 Å². The molecule has 1 aromatic rings. The van der Waals surface area contributed by atoms with Crippen LogP contribution in [-0.2, 0) is 23.8 Å². The van der Waals surface area contributed by atoms with E-state index in [9.17, 15) is 13.5 Å². The second-order valence-corrected chi connectivity index (χ2v) is 18.6. The fraction of sp³-hybridized carbons (Fsp3) is 0.760. The predicted molar refractivity (Wildman–Crippen MR) is 135 cm³/mol. The first-order chi connectivity index (χ1) is 15.2. The van der Waals surface area contributed by atoms with Crippen LogP contribution in [0.3, 0.4) is 0 Å². The molecule has 0 spiro atoms. The first kappa shape index (κ1) is 28.5. The second-order valence-electron chi connectivity index (χ2n) is 10.8. The van der Waals surface area contributed by atoms with Crippen LogP contribution >= 0.6 is 0 Å². The fourth-order valence-electron chi connectivity index (χ4n) is 6.31. The molecule has 1 aliphatic rings. The van der Waals surface area contributed by atoms with Gasteiger partial charge in [-0.1, -0.05) is 75.9 Å².